The van der Waals surface area contributed by atoms with Crippen molar-refractivity contribution in [2.45, 2.75) is 265 Å². The van der Waals surface area contributed by atoms with Crippen LogP contribution in [-0.2, 0) is 37.9 Å². The van der Waals surface area contributed by atoms with Crippen LogP contribution >= 0.6 is 0 Å². The van der Waals surface area contributed by atoms with Crippen molar-refractivity contribution in [3.8, 4) is 5.75 Å². The Morgan fingerprint density at radius 1 is 0.245 bits per heavy atom. The number of methoxy groups -OCH3 is 1. The fraction of sp³-hybridized carbons (Fsp3) is 0.441. The maximum absolute atomic E-state index is 5.52. The van der Waals surface area contributed by atoms with Gasteiger partial charge < -0.3 is 4.74 Å². The van der Waals surface area contributed by atoms with Gasteiger partial charge in [-0.25, -0.2) is 0 Å². The highest BCUT2D eigenvalue weighted by atomic mass is 16.5. The summed E-state index contributed by atoms with van der Waals surface area (Å²) >= 11 is 0. The topological polar surface area (TPSA) is 9.23 Å². The summed E-state index contributed by atoms with van der Waals surface area (Å²) < 4.78 is 5.52. The first-order valence-corrected chi connectivity index (χ1v) is 34.9. The van der Waals surface area contributed by atoms with Gasteiger partial charge in [-0.05, 0) is 239 Å². The number of fused-ring (bicyclic) bond motifs is 4. The van der Waals surface area contributed by atoms with Crippen LogP contribution in [-0.4, -0.2) is 7.11 Å². The molecular formula is C93H126O. The third-order valence-corrected chi connectivity index (χ3v) is 18.9. The van der Waals surface area contributed by atoms with E-state index in [9.17, 15) is 0 Å². The van der Waals surface area contributed by atoms with Gasteiger partial charge in [-0.1, -0.05) is 316 Å². The average molecular weight is 1260 g/mol. The van der Waals surface area contributed by atoms with Crippen LogP contribution in [0.1, 0.15) is 260 Å². The minimum atomic E-state index is 0.140. The van der Waals surface area contributed by atoms with Crippen LogP contribution in [0.3, 0.4) is 0 Å². The summed E-state index contributed by atoms with van der Waals surface area (Å²) in [6.07, 6.45) is 0. The van der Waals surface area contributed by atoms with E-state index < -0.39 is 0 Å². The van der Waals surface area contributed by atoms with Crippen LogP contribution in [0.5, 0.6) is 5.75 Å². The van der Waals surface area contributed by atoms with Gasteiger partial charge in [0.2, 0.25) is 0 Å². The van der Waals surface area contributed by atoms with Crippen LogP contribution in [0.25, 0.3) is 43.1 Å². The van der Waals surface area contributed by atoms with Crippen molar-refractivity contribution in [1.29, 1.82) is 0 Å². The number of hydrogen-bond acceptors (Lipinski definition) is 1. The zero-order valence-corrected chi connectivity index (χ0v) is 65.5. The molecular weight excluding hydrogens is 1130 g/mol. The highest BCUT2D eigenvalue weighted by Gasteiger charge is 2.26. The minimum absolute atomic E-state index is 0.140. The normalized spacial score (nSPS) is 12.2. The molecule has 0 amide bonds. The van der Waals surface area contributed by atoms with E-state index in [1.165, 1.54) is 138 Å². The van der Waals surface area contributed by atoms with E-state index in [-0.39, 0.29) is 37.9 Å². The van der Waals surface area contributed by atoms with Crippen LogP contribution in [0.4, 0.5) is 0 Å². The molecule has 0 radical (unpaired) electrons. The van der Waals surface area contributed by atoms with Gasteiger partial charge in [-0.2, -0.15) is 0 Å². The molecule has 0 aromatic heterocycles. The number of ether oxygens (including phenoxy) is 1. The molecule has 504 valence electrons. The summed E-state index contributed by atoms with van der Waals surface area (Å²) in [6, 6.07) is 57.2. The molecule has 0 spiro atoms. The lowest BCUT2D eigenvalue weighted by Crippen LogP contribution is -2.18. The van der Waals surface area contributed by atoms with Gasteiger partial charge >= 0.3 is 0 Å². The molecule has 0 aliphatic carbocycles. The summed E-state index contributed by atoms with van der Waals surface area (Å²) in [4.78, 5) is 0. The van der Waals surface area contributed by atoms with Gasteiger partial charge in [0.05, 0.1) is 7.11 Å². The van der Waals surface area contributed by atoms with E-state index in [4.69, 9.17) is 4.74 Å². The van der Waals surface area contributed by atoms with Crippen molar-refractivity contribution in [2.75, 3.05) is 7.11 Å². The van der Waals surface area contributed by atoms with E-state index in [1.807, 2.05) is 0 Å². The van der Waals surface area contributed by atoms with Gasteiger partial charge in [0, 0.05) is 5.39 Å². The Balaban J connectivity index is 0.000000206. The summed E-state index contributed by atoms with van der Waals surface area (Å²) in [5.74, 6) is 1.53. The monoisotopic (exact) mass is 1260 g/mol. The van der Waals surface area contributed by atoms with E-state index in [2.05, 4.69) is 379 Å². The Bertz CT molecular complexity index is 4200. The molecule has 0 saturated heterocycles. The molecule has 0 unspecified atom stereocenters. The van der Waals surface area contributed by atoms with Gasteiger partial charge in [0.25, 0.3) is 0 Å². The van der Waals surface area contributed by atoms with Crippen LogP contribution in [0.15, 0.2) is 158 Å². The second-order valence-corrected chi connectivity index (χ2v) is 34.5. The first kappa shape index (κ1) is 77.7. The average Bonchev–Trinajstić information content (AvgIpc) is 0.796. The Hall–Kier alpha value is -6.96. The minimum Gasteiger partial charge on any atom is -0.496 e. The predicted molar refractivity (Wildman–Crippen MR) is 423 cm³/mol. The molecule has 0 fully saturated rings. The Morgan fingerprint density at radius 2 is 0.553 bits per heavy atom. The highest BCUT2D eigenvalue weighted by Crippen LogP contribution is 2.41. The maximum Gasteiger partial charge on any atom is 0.126 e. The Kier molecular flexibility index (Phi) is 25.2. The summed E-state index contributed by atoms with van der Waals surface area (Å²) in [6.45, 7) is 72.3. The van der Waals surface area contributed by atoms with Crippen molar-refractivity contribution >= 4 is 43.1 Å². The fourth-order valence-electron chi connectivity index (χ4n) is 13.9. The van der Waals surface area contributed by atoms with Gasteiger partial charge in [-0.3, -0.25) is 0 Å². The number of aryl methyl sites for hydroxylation is 8. The fourth-order valence-corrected chi connectivity index (χ4v) is 13.9. The largest absolute Gasteiger partial charge is 0.496 e. The van der Waals surface area contributed by atoms with Crippen molar-refractivity contribution in [2.24, 2.45) is 0 Å². The summed E-state index contributed by atoms with van der Waals surface area (Å²) in [5, 5.41) is 10.9. The van der Waals surface area contributed by atoms with Crippen LogP contribution in [0, 0.1) is 62.3 Å². The highest BCUT2D eigenvalue weighted by molar-refractivity contribution is 5.94. The lowest BCUT2D eigenvalue weighted by molar-refractivity contribution is 0.417. The van der Waals surface area contributed by atoms with Gasteiger partial charge in [0.15, 0.2) is 0 Å². The smallest absolute Gasteiger partial charge is 0.126 e. The molecule has 10 rings (SSSR count). The molecule has 94 heavy (non-hydrogen) atoms. The molecule has 10 aromatic rings. The molecule has 0 atom stereocenters. The van der Waals surface area contributed by atoms with Crippen LogP contribution in [0.2, 0.25) is 0 Å². The zero-order valence-electron chi connectivity index (χ0n) is 65.5. The SMILES string of the molecule is COc1cc(C(C)(C)C)c(C)c2ccccc12.Cc1c(C(C)(C)C)cc(C(C)(C)C)c2ccccc12.Cc1c(C(C)(C)C)cc(C(C)C)c2ccccc12.Cc1cc(C(C)(C)C)c(C)c2ccccc12.Cc1cc(C)c(C)c(C(C)(C)C)c1.Cc1ccccc1C(C)(C)C. The predicted octanol–water partition coefficient (Wildman–Crippen LogP) is 27.7. The maximum atomic E-state index is 5.52. The molecule has 0 bridgehead atoms. The molecule has 0 aliphatic rings. The van der Waals surface area contributed by atoms with E-state index in [0.29, 0.717) is 5.92 Å². The third kappa shape index (κ3) is 19.4. The van der Waals surface area contributed by atoms with Crippen molar-refractivity contribution < 1.29 is 4.74 Å². The lowest BCUT2D eigenvalue weighted by Gasteiger charge is -2.29. The van der Waals surface area contributed by atoms with E-state index in [0.717, 1.165) is 5.75 Å². The molecule has 0 N–H and O–H groups in total. The quantitative estimate of drug-likeness (QED) is 0.168. The molecule has 0 aliphatic heterocycles. The number of hydrogen-bond donors (Lipinski definition) is 0. The van der Waals surface area contributed by atoms with Crippen molar-refractivity contribution in [3.63, 3.8) is 0 Å². The summed E-state index contributed by atoms with van der Waals surface area (Å²) in [5.41, 5.74) is 25.7. The van der Waals surface area contributed by atoms with Crippen molar-refractivity contribution in [1.82, 2.24) is 0 Å². The third-order valence-electron chi connectivity index (χ3n) is 18.9. The summed E-state index contributed by atoms with van der Waals surface area (Å²) in [7, 11) is 1.74. The van der Waals surface area contributed by atoms with Gasteiger partial charge in [0.1, 0.15) is 5.75 Å². The van der Waals surface area contributed by atoms with Crippen molar-refractivity contribution in [3.05, 3.63) is 252 Å². The van der Waals surface area contributed by atoms with Crippen LogP contribution < -0.4 is 4.74 Å². The molecule has 10 aromatic carbocycles. The molecule has 0 heterocycles. The van der Waals surface area contributed by atoms with E-state index in [1.54, 1.807) is 7.11 Å². The molecule has 1 nitrogen and oxygen atoms in total. The first-order chi connectivity index (χ1) is 43.1. The number of rotatable bonds is 2. The Morgan fingerprint density at radius 3 is 0.947 bits per heavy atom. The number of benzene rings is 10. The zero-order chi connectivity index (χ0) is 71.2. The van der Waals surface area contributed by atoms with E-state index >= 15 is 0 Å². The Labute approximate surface area is 575 Å². The lowest BCUT2D eigenvalue weighted by atomic mass is 9.76. The standard InChI is InChI=1S/C19H26.C18H24.C16H20O.C16H20.C13H20.C11H16/c1-13-14-10-8-9-11-15(14)17(19(5,6)7)12-16(13)18(2,3)4;1-12(2)16-11-17(18(4,5)6)13(3)14-9-7-8-10-15(14)16;1-11-12-8-6-7-9-13(12)15(17-5)10-14(11)16(2,3)4;1-11-10-15(16(3,4)5)12(2)14-9-7-6-8-13(11)14;1-9-7-10(2)11(3)12(8-9)13(4,5)6;1-9-7-5-6-8-10(9)11(2,3)4/h8-12H,1-7H3;7-12H,1-6H3;6-10H,1-5H3;6-10H,1-5H3;7-8H,1-6H3;5-8H,1-4H3. The molecule has 0 saturated carbocycles. The second-order valence-electron chi connectivity index (χ2n) is 34.5. The van der Waals surface area contributed by atoms with Gasteiger partial charge in [-0.15, -0.1) is 0 Å². The first-order valence-electron chi connectivity index (χ1n) is 34.9. The molecule has 1 heteroatoms. The second kappa shape index (κ2) is 30.4.